The third-order valence-corrected chi connectivity index (χ3v) is 3.30. The molecule has 0 radical (unpaired) electrons. The van der Waals surface area contributed by atoms with E-state index in [1.54, 1.807) is 24.3 Å². The van der Waals surface area contributed by atoms with Crippen LogP contribution in [0.1, 0.15) is 0 Å². The fourth-order valence-electron chi connectivity index (χ4n) is 1.87. The van der Waals surface area contributed by atoms with Crippen molar-refractivity contribution in [1.82, 2.24) is 20.2 Å². The van der Waals surface area contributed by atoms with Crippen LogP contribution in [-0.2, 0) is 0 Å². The van der Waals surface area contributed by atoms with Crippen molar-refractivity contribution < 1.29 is 4.39 Å². The topological polar surface area (TPSA) is 69.6 Å². The zero-order valence-corrected chi connectivity index (χ0v) is 11.7. The number of nitrogen functional groups attached to an aromatic ring is 1. The van der Waals surface area contributed by atoms with E-state index in [1.165, 1.54) is 10.7 Å². The van der Waals surface area contributed by atoms with Crippen LogP contribution < -0.4 is 5.73 Å². The van der Waals surface area contributed by atoms with Crippen molar-refractivity contribution in [2.24, 2.45) is 0 Å². The van der Waals surface area contributed by atoms with E-state index in [9.17, 15) is 4.39 Å². The maximum absolute atomic E-state index is 14.0. The zero-order chi connectivity index (χ0) is 14.1. The lowest BCUT2D eigenvalue weighted by Crippen LogP contribution is -2.04. The Hall–Kier alpha value is -2.28. The second-order valence-corrected chi connectivity index (χ2v) is 5.01. The number of aromatic nitrogens is 4. The molecule has 20 heavy (non-hydrogen) atoms. The molecule has 0 amide bonds. The number of tetrazole rings is 1. The molecule has 0 aliphatic carbocycles. The minimum absolute atomic E-state index is 0.252. The molecule has 0 saturated heterocycles. The van der Waals surface area contributed by atoms with Gasteiger partial charge in [-0.2, -0.15) is 4.68 Å². The summed E-state index contributed by atoms with van der Waals surface area (Å²) in [6.45, 7) is 0. The van der Waals surface area contributed by atoms with Crippen molar-refractivity contribution in [2.75, 3.05) is 5.73 Å². The van der Waals surface area contributed by atoms with Crippen molar-refractivity contribution in [1.29, 1.82) is 0 Å². The van der Waals surface area contributed by atoms with Gasteiger partial charge in [-0.3, -0.25) is 0 Å². The second-order valence-electron chi connectivity index (χ2n) is 4.10. The zero-order valence-electron chi connectivity index (χ0n) is 10.2. The van der Waals surface area contributed by atoms with Gasteiger partial charge in [0.2, 0.25) is 0 Å². The highest BCUT2D eigenvalue weighted by molar-refractivity contribution is 9.10. The van der Waals surface area contributed by atoms with Crippen molar-refractivity contribution >= 4 is 21.6 Å². The SMILES string of the molecule is Nc1ccccc1-c1nnnn1-c1cc(Br)ccc1F. The van der Waals surface area contributed by atoms with Crippen molar-refractivity contribution in [3.8, 4) is 17.1 Å². The molecule has 5 nitrogen and oxygen atoms in total. The maximum Gasteiger partial charge on any atom is 0.189 e. The first kappa shape index (κ1) is 12.7. The lowest BCUT2D eigenvalue weighted by Gasteiger charge is -2.08. The highest BCUT2D eigenvalue weighted by Crippen LogP contribution is 2.27. The van der Waals surface area contributed by atoms with E-state index < -0.39 is 5.82 Å². The molecule has 2 aromatic carbocycles. The van der Waals surface area contributed by atoms with Crippen molar-refractivity contribution in [2.45, 2.75) is 0 Å². The number of nitrogens with two attached hydrogens (primary N) is 1. The summed E-state index contributed by atoms with van der Waals surface area (Å²) in [6.07, 6.45) is 0. The fraction of sp³-hybridized carbons (Fsp3) is 0. The molecule has 0 saturated carbocycles. The van der Waals surface area contributed by atoms with Crippen LogP contribution in [0.15, 0.2) is 46.9 Å². The number of anilines is 1. The van der Waals surface area contributed by atoms with Gasteiger partial charge in [0.1, 0.15) is 11.5 Å². The third kappa shape index (κ3) is 2.16. The lowest BCUT2D eigenvalue weighted by atomic mass is 10.1. The minimum atomic E-state index is -0.420. The number of para-hydroxylation sites is 1. The Kier molecular flexibility index (Phi) is 3.19. The van der Waals surface area contributed by atoms with Gasteiger partial charge in [-0.25, -0.2) is 4.39 Å². The summed E-state index contributed by atoms with van der Waals surface area (Å²) in [5.74, 6) is -0.0312. The van der Waals surface area contributed by atoms with E-state index in [0.29, 0.717) is 17.1 Å². The second kappa shape index (κ2) is 5.01. The van der Waals surface area contributed by atoms with Crippen molar-refractivity contribution in [3.63, 3.8) is 0 Å². The smallest absolute Gasteiger partial charge is 0.189 e. The first-order valence-corrected chi connectivity index (χ1v) is 6.55. The summed E-state index contributed by atoms with van der Waals surface area (Å²) < 4.78 is 16.0. The van der Waals surface area contributed by atoms with E-state index in [1.807, 2.05) is 12.1 Å². The Bertz CT molecular complexity index is 771. The molecule has 0 fully saturated rings. The van der Waals surface area contributed by atoms with Crippen molar-refractivity contribution in [3.05, 3.63) is 52.8 Å². The molecule has 0 atom stereocenters. The molecule has 0 aliphatic rings. The van der Waals surface area contributed by atoms with Gasteiger partial charge in [0.15, 0.2) is 5.82 Å². The molecule has 0 spiro atoms. The summed E-state index contributed by atoms with van der Waals surface area (Å²) in [5, 5.41) is 11.4. The molecule has 100 valence electrons. The Morgan fingerprint density at radius 2 is 1.95 bits per heavy atom. The highest BCUT2D eigenvalue weighted by atomic mass is 79.9. The van der Waals surface area contributed by atoms with Crippen LogP contribution in [0.25, 0.3) is 17.1 Å². The number of rotatable bonds is 2. The largest absolute Gasteiger partial charge is 0.398 e. The molecule has 7 heteroatoms. The standard InChI is InChI=1S/C13H9BrFN5/c14-8-5-6-10(15)12(7-8)20-13(17-18-19-20)9-3-1-2-4-11(9)16/h1-7H,16H2. The Balaban J connectivity index is 2.21. The molecule has 0 aliphatic heterocycles. The predicted molar refractivity (Wildman–Crippen MR) is 76.7 cm³/mol. The average molecular weight is 334 g/mol. The third-order valence-electron chi connectivity index (χ3n) is 2.81. The summed E-state index contributed by atoms with van der Waals surface area (Å²) in [6, 6.07) is 11.7. The molecule has 1 heterocycles. The molecule has 2 N–H and O–H groups in total. The van der Waals surface area contributed by atoms with Crippen LogP contribution in [0, 0.1) is 5.82 Å². The van der Waals surface area contributed by atoms with Gasteiger partial charge >= 0.3 is 0 Å². The number of halogens is 2. The van der Waals surface area contributed by atoms with Gasteiger partial charge in [-0.05, 0) is 40.8 Å². The number of hydrogen-bond acceptors (Lipinski definition) is 4. The predicted octanol–water partition coefficient (Wildman–Crippen LogP) is 2.81. The highest BCUT2D eigenvalue weighted by Gasteiger charge is 2.16. The molecule has 3 aromatic rings. The maximum atomic E-state index is 14.0. The van der Waals surface area contributed by atoms with Gasteiger partial charge in [0, 0.05) is 15.7 Å². The molecular formula is C13H9BrFN5. The van der Waals surface area contributed by atoms with Gasteiger partial charge in [0.25, 0.3) is 0 Å². The summed E-state index contributed by atoms with van der Waals surface area (Å²) in [5.41, 5.74) is 7.34. The minimum Gasteiger partial charge on any atom is -0.398 e. The van der Waals surface area contributed by atoms with Crippen LogP contribution >= 0.6 is 15.9 Å². The van der Waals surface area contributed by atoms with E-state index in [2.05, 4.69) is 31.5 Å². The van der Waals surface area contributed by atoms with Gasteiger partial charge in [0.05, 0.1) is 0 Å². The molecule has 1 aromatic heterocycles. The first-order chi connectivity index (χ1) is 9.66. The van der Waals surface area contributed by atoms with E-state index in [0.717, 1.165) is 4.47 Å². The van der Waals surface area contributed by atoms with E-state index in [4.69, 9.17) is 5.73 Å². The van der Waals surface area contributed by atoms with Crippen LogP contribution in [-0.4, -0.2) is 20.2 Å². The lowest BCUT2D eigenvalue weighted by molar-refractivity contribution is 0.607. The Morgan fingerprint density at radius 1 is 1.15 bits per heavy atom. The first-order valence-electron chi connectivity index (χ1n) is 5.75. The number of nitrogens with zero attached hydrogens (tertiary/aromatic N) is 4. The van der Waals surface area contributed by atoms with Crippen LogP contribution in [0.2, 0.25) is 0 Å². The quantitative estimate of drug-likeness (QED) is 0.732. The summed E-state index contributed by atoms with van der Waals surface area (Å²) >= 11 is 3.30. The van der Waals surface area contributed by atoms with Crippen LogP contribution in [0.5, 0.6) is 0 Å². The van der Waals surface area contributed by atoms with E-state index in [-0.39, 0.29) is 5.69 Å². The fourth-order valence-corrected chi connectivity index (χ4v) is 2.22. The number of hydrogen-bond donors (Lipinski definition) is 1. The van der Waals surface area contributed by atoms with Gasteiger partial charge in [-0.15, -0.1) is 5.10 Å². The van der Waals surface area contributed by atoms with Crippen LogP contribution in [0.4, 0.5) is 10.1 Å². The molecule has 0 bridgehead atoms. The molecule has 0 unspecified atom stereocenters. The Morgan fingerprint density at radius 3 is 2.75 bits per heavy atom. The van der Waals surface area contributed by atoms with Gasteiger partial charge in [-0.1, -0.05) is 28.1 Å². The van der Waals surface area contributed by atoms with Gasteiger partial charge < -0.3 is 5.73 Å². The van der Waals surface area contributed by atoms with E-state index >= 15 is 0 Å². The molecular weight excluding hydrogens is 325 g/mol. The number of benzene rings is 2. The monoisotopic (exact) mass is 333 g/mol. The summed E-state index contributed by atoms with van der Waals surface area (Å²) in [4.78, 5) is 0. The molecule has 3 rings (SSSR count). The Labute approximate surface area is 122 Å². The summed E-state index contributed by atoms with van der Waals surface area (Å²) in [7, 11) is 0. The van der Waals surface area contributed by atoms with Crippen LogP contribution in [0.3, 0.4) is 0 Å². The normalized spacial score (nSPS) is 10.7. The average Bonchev–Trinajstić information content (AvgIpc) is 2.91.